The van der Waals surface area contributed by atoms with Gasteiger partial charge in [-0.2, -0.15) is 0 Å². The van der Waals surface area contributed by atoms with Crippen molar-refractivity contribution in [1.82, 2.24) is 5.32 Å². The van der Waals surface area contributed by atoms with Crippen molar-refractivity contribution in [3.05, 3.63) is 22.4 Å². The molecule has 0 bridgehead atoms. The minimum atomic E-state index is -1.07. The number of hydrogen-bond donors (Lipinski definition) is 2. The molecule has 2 unspecified atom stereocenters. The van der Waals surface area contributed by atoms with Gasteiger partial charge in [-0.25, -0.2) is 4.79 Å². The quantitative estimate of drug-likeness (QED) is 0.759. The molecule has 6 nitrogen and oxygen atoms in total. The van der Waals surface area contributed by atoms with Gasteiger partial charge in [0.25, 0.3) is 0 Å². The van der Waals surface area contributed by atoms with Gasteiger partial charge in [-0.05, 0) is 11.4 Å². The van der Waals surface area contributed by atoms with Crippen LogP contribution in [0.5, 0.6) is 0 Å². The fourth-order valence-corrected chi connectivity index (χ4v) is 3.66. The Morgan fingerprint density at radius 1 is 1.57 bits per heavy atom. The number of carboxylic acid groups (broad SMARTS) is 1. The first-order valence-corrected chi connectivity index (χ1v) is 8.21. The van der Waals surface area contributed by atoms with Crippen molar-refractivity contribution >= 4 is 47.0 Å². The monoisotopic (exact) mass is 326 g/mol. The van der Waals surface area contributed by atoms with Gasteiger partial charge in [-0.3, -0.25) is 9.79 Å². The number of rotatable bonds is 6. The van der Waals surface area contributed by atoms with Gasteiger partial charge in [0.15, 0.2) is 0 Å². The van der Waals surface area contributed by atoms with E-state index in [2.05, 4.69) is 10.3 Å². The van der Waals surface area contributed by atoms with Gasteiger partial charge in [0.05, 0.1) is 6.42 Å². The first-order valence-electron chi connectivity index (χ1n) is 6.28. The number of thioether (sulfide) groups is 1. The van der Waals surface area contributed by atoms with Crippen molar-refractivity contribution in [3.8, 4) is 0 Å². The highest BCUT2D eigenvalue weighted by molar-refractivity contribution is 8.00. The lowest BCUT2D eigenvalue weighted by molar-refractivity contribution is -0.129. The van der Waals surface area contributed by atoms with Gasteiger partial charge in [0.2, 0.25) is 5.91 Å². The number of aliphatic imine (C=N–C) groups is 1. The van der Waals surface area contributed by atoms with Crippen LogP contribution in [0.2, 0.25) is 0 Å². The Kier molecular flexibility index (Phi) is 5.51. The minimum Gasteiger partial charge on any atom is -0.477 e. The van der Waals surface area contributed by atoms with Crippen molar-refractivity contribution in [2.24, 2.45) is 4.99 Å². The molecule has 1 aromatic heterocycles. The molecule has 0 aromatic carbocycles. The number of hydrogen-bond acceptors (Lipinski definition) is 6. The van der Waals surface area contributed by atoms with E-state index in [4.69, 9.17) is 5.11 Å². The normalized spacial score (nSPS) is 19.4. The Labute approximate surface area is 129 Å². The van der Waals surface area contributed by atoms with E-state index in [0.717, 1.165) is 4.88 Å². The highest BCUT2D eigenvalue weighted by atomic mass is 32.2. The number of aliphatic carboxylic acids is 1. The SMILES string of the molecule is O=CC(NC(=O)Cc1cccs1)C1N=C(C(=O)O)CCS1. The zero-order valence-electron chi connectivity index (χ0n) is 11.0. The fraction of sp³-hybridized carbons (Fsp3) is 0.385. The first kappa shape index (κ1) is 15.7. The summed E-state index contributed by atoms with van der Waals surface area (Å²) in [5.74, 6) is -0.774. The standard InChI is InChI=1S/C13H14N2O4S2/c16-7-10(12-15-9(13(18)19)3-5-21-12)14-11(17)6-8-2-1-4-20-8/h1-2,4,7,10,12H,3,5-6H2,(H,14,17)(H,18,19). The molecule has 2 heterocycles. The smallest absolute Gasteiger partial charge is 0.349 e. The lowest BCUT2D eigenvalue weighted by atomic mass is 10.2. The molecule has 2 rings (SSSR count). The predicted octanol–water partition coefficient (Wildman–Crippen LogP) is 0.963. The Morgan fingerprint density at radius 3 is 3.00 bits per heavy atom. The maximum atomic E-state index is 11.9. The van der Waals surface area contributed by atoms with Crippen LogP contribution in [-0.4, -0.2) is 46.1 Å². The highest BCUT2D eigenvalue weighted by Gasteiger charge is 2.28. The van der Waals surface area contributed by atoms with Crippen LogP contribution >= 0.6 is 23.1 Å². The van der Waals surface area contributed by atoms with Gasteiger partial charge in [-0.15, -0.1) is 23.1 Å². The first-order chi connectivity index (χ1) is 10.1. The number of nitrogens with zero attached hydrogens (tertiary/aromatic N) is 1. The second-order valence-corrected chi connectivity index (χ2v) is 6.63. The van der Waals surface area contributed by atoms with E-state index >= 15 is 0 Å². The summed E-state index contributed by atoms with van der Waals surface area (Å²) in [5, 5.41) is 12.9. The maximum absolute atomic E-state index is 11.9. The van der Waals surface area contributed by atoms with Crippen molar-refractivity contribution in [3.63, 3.8) is 0 Å². The van der Waals surface area contributed by atoms with Crippen LogP contribution < -0.4 is 5.32 Å². The van der Waals surface area contributed by atoms with Gasteiger partial charge < -0.3 is 15.2 Å². The van der Waals surface area contributed by atoms with Crippen LogP contribution in [0.1, 0.15) is 11.3 Å². The number of aldehydes is 1. The third-order valence-electron chi connectivity index (χ3n) is 2.85. The molecule has 0 spiro atoms. The predicted molar refractivity (Wildman–Crippen MR) is 82.0 cm³/mol. The number of carbonyl (C=O) groups excluding carboxylic acids is 2. The number of thiophene rings is 1. The van der Waals surface area contributed by atoms with E-state index in [1.54, 1.807) is 0 Å². The molecule has 112 valence electrons. The molecule has 0 radical (unpaired) electrons. The van der Waals surface area contributed by atoms with Gasteiger partial charge >= 0.3 is 5.97 Å². The molecule has 0 fully saturated rings. The second kappa shape index (κ2) is 7.37. The van der Waals surface area contributed by atoms with Crippen molar-refractivity contribution < 1.29 is 19.5 Å². The molecule has 21 heavy (non-hydrogen) atoms. The second-order valence-electron chi connectivity index (χ2n) is 4.38. The zero-order valence-corrected chi connectivity index (χ0v) is 12.7. The van der Waals surface area contributed by atoms with E-state index in [9.17, 15) is 14.4 Å². The average molecular weight is 326 g/mol. The van der Waals surface area contributed by atoms with Crippen molar-refractivity contribution in [2.45, 2.75) is 24.3 Å². The van der Waals surface area contributed by atoms with Crippen LogP contribution in [0, 0.1) is 0 Å². The summed E-state index contributed by atoms with van der Waals surface area (Å²) in [6, 6.07) is 2.89. The van der Waals surface area contributed by atoms with Gasteiger partial charge in [-0.1, -0.05) is 6.07 Å². The summed E-state index contributed by atoms with van der Waals surface area (Å²) in [5.41, 5.74) is 0.0538. The summed E-state index contributed by atoms with van der Waals surface area (Å²) in [7, 11) is 0. The minimum absolute atomic E-state index is 0.0538. The van der Waals surface area contributed by atoms with Gasteiger partial charge in [0, 0.05) is 17.1 Å². The molecular weight excluding hydrogens is 312 g/mol. The summed E-state index contributed by atoms with van der Waals surface area (Å²) in [6.07, 6.45) is 1.18. The number of carboxylic acids is 1. The number of nitrogens with one attached hydrogen (secondary N) is 1. The maximum Gasteiger partial charge on any atom is 0.349 e. The molecule has 0 saturated carbocycles. The molecule has 1 amide bonds. The summed E-state index contributed by atoms with van der Waals surface area (Å²) < 4.78 is 0. The third-order valence-corrected chi connectivity index (χ3v) is 4.91. The number of amides is 1. The lowest BCUT2D eigenvalue weighted by Gasteiger charge is -2.23. The van der Waals surface area contributed by atoms with E-state index < -0.39 is 17.4 Å². The third kappa shape index (κ3) is 4.40. The van der Waals surface area contributed by atoms with E-state index in [1.165, 1.54) is 23.1 Å². The average Bonchev–Trinajstić information content (AvgIpc) is 2.97. The van der Waals surface area contributed by atoms with Crippen molar-refractivity contribution in [1.29, 1.82) is 0 Å². The molecule has 2 N–H and O–H groups in total. The largest absolute Gasteiger partial charge is 0.477 e. The van der Waals surface area contributed by atoms with Crippen LogP contribution in [0.25, 0.3) is 0 Å². The summed E-state index contributed by atoms with van der Waals surface area (Å²) in [6.45, 7) is 0. The topological polar surface area (TPSA) is 95.8 Å². The van der Waals surface area contributed by atoms with E-state index in [1.807, 2.05) is 17.5 Å². The summed E-state index contributed by atoms with van der Waals surface area (Å²) in [4.78, 5) is 39.0. The molecule has 1 aliphatic rings. The fourth-order valence-electron chi connectivity index (χ4n) is 1.86. The molecule has 0 saturated heterocycles. The molecular formula is C13H14N2O4S2. The molecule has 2 atom stereocenters. The lowest BCUT2D eigenvalue weighted by Crippen LogP contribution is -2.44. The molecule has 0 aliphatic carbocycles. The van der Waals surface area contributed by atoms with E-state index in [0.29, 0.717) is 18.5 Å². The zero-order chi connectivity index (χ0) is 15.2. The number of carbonyl (C=O) groups is 3. The Balaban J connectivity index is 1.99. The van der Waals surface area contributed by atoms with Crippen LogP contribution in [0.15, 0.2) is 22.5 Å². The van der Waals surface area contributed by atoms with Crippen LogP contribution in [-0.2, 0) is 20.8 Å². The van der Waals surface area contributed by atoms with Crippen molar-refractivity contribution in [2.75, 3.05) is 5.75 Å². The van der Waals surface area contributed by atoms with E-state index in [-0.39, 0.29) is 18.0 Å². The highest BCUT2D eigenvalue weighted by Crippen LogP contribution is 2.22. The summed E-state index contributed by atoms with van der Waals surface area (Å²) >= 11 is 2.84. The van der Waals surface area contributed by atoms with Crippen LogP contribution in [0.3, 0.4) is 0 Å². The Hall–Kier alpha value is -1.67. The Bertz CT molecular complexity index is 557. The molecule has 1 aliphatic heterocycles. The van der Waals surface area contributed by atoms with Crippen LogP contribution in [0.4, 0.5) is 0 Å². The Morgan fingerprint density at radius 2 is 2.38 bits per heavy atom. The van der Waals surface area contributed by atoms with Gasteiger partial charge in [0.1, 0.15) is 23.4 Å². The molecule has 1 aromatic rings. The molecule has 8 heteroatoms.